The lowest BCUT2D eigenvalue weighted by Crippen LogP contribution is -2.27. The minimum absolute atomic E-state index is 0.143. The molecule has 0 fully saturated rings. The number of hydrogen-bond donors (Lipinski definition) is 2. The van der Waals surface area contributed by atoms with Gasteiger partial charge in [-0.2, -0.15) is 0 Å². The molecule has 4 rings (SSSR count). The van der Waals surface area contributed by atoms with Crippen LogP contribution in [0, 0.1) is 0 Å². The first-order valence-electron chi connectivity index (χ1n) is 7.79. The van der Waals surface area contributed by atoms with Crippen molar-refractivity contribution in [1.29, 1.82) is 0 Å². The minimum atomic E-state index is -0.697. The van der Waals surface area contributed by atoms with Crippen LogP contribution in [0.2, 0.25) is 0 Å². The van der Waals surface area contributed by atoms with Crippen LogP contribution in [-0.4, -0.2) is 17.6 Å². The summed E-state index contributed by atoms with van der Waals surface area (Å²) in [6, 6.07) is 17.8. The van der Waals surface area contributed by atoms with Crippen LogP contribution >= 0.6 is 34.0 Å². The van der Waals surface area contributed by atoms with Crippen LogP contribution in [0.25, 0.3) is 19.8 Å². The Kier molecular flexibility index (Phi) is 4.67. The van der Waals surface area contributed by atoms with Gasteiger partial charge in [0, 0.05) is 25.9 Å². The lowest BCUT2D eigenvalue weighted by Gasteiger charge is -2.09. The molecule has 1 aromatic carbocycles. The summed E-state index contributed by atoms with van der Waals surface area (Å²) in [7, 11) is 0. The van der Waals surface area contributed by atoms with Gasteiger partial charge in [0.15, 0.2) is 0 Å². The second kappa shape index (κ2) is 7.09. The van der Waals surface area contributed by atoms with Gasteiger partial charge in [-0.1, -0.05) is 24.3 Å². The van der Waals surface area contributed by atoms with Crippen molar-refractivity contribution >= 4 is 50.0 Å². The fourth-order valence-corrected chi connectivity index (χ4v) is 5.36. The van der Waals surface area contributed by atoms with Gasteiger partial charge in [-0.25, -0.2) is 0 Å². The summed E-state index contributed by atoms with van der Waals surface area (Å²) in [5, 5.41) is 16.3. The zero-order valence-corrected chi connectivity index (χ0v) is 15.6. The number of benzene rings is 1. The topological polar surface area (TPSA) is 49.3 Å². The maximum atomic E-state index is 12.3. The van der Waals surface area contributed by atoms with Crippen molar-refractivity contribution in [2.75, 3.05) is 6.54 Å². The molecule has 1 atom stereocenters. The van der Waals surface area contributed by atoms with E-state index in [0.717, 1.165) is 19.8 Å². The van der Waals surface area contributed by atoms with Crippen LogP contribution in [0.15, 0.2) is 60.0 Å². The Hall–Kier alpha value is -1.99. The van der Waals surface area contributed by atoms with E-state index in [-0.39, 0.29) is 12.5 Å². The molecule has 0 bridgehead atoms. The van der Waals surface area contributed by atoms with Crippen LogP contribution < -0.4 is 5.32 Å². The predicted octanol–water partition coefficient (Wildman–Crippen LogP) is 5.15. The maximum Gasteiger partial charge on any atom is 0.261 e. The fraction of sp³-hybridized carbons (Fsp3) is 0.105. The molecule has 0 radical (unpaired) electrons. The molecule has 3 heterocycles. The van der Waals surface area contributed by atoms with E-state index in [0.29, 0.717) is 4.88 Å². The zero-order chi connectivity index (χ0) is 17.2. The molecule has 1 unspecified atom stereocenters. The van der Waals surface area contributed by atoms with Crippen molar-refractivity contribution in [3.8, 4) is 9.75 Å². The third kappa shape index (κ3) is 3.52. The largest absolute Gasteiger partial charge is 0.386 e. The van der Waals surface area contributed by atoms with Crippen molar-refractivity contribution in [3.05, 3.63) is 69.7 Å². The van der Waals surface area contributed by atoms with E-state index in [4.69, 9.17) is 0 Å². The van der Waals surface area contributed by atoms with Gasteiger partial charge >= 0.3 is 0 Å². The monoisotopic (exact) mass is 385 g/mol. The van der Waals surface area contributed by atoms with E-state index in [1.54, 1.807) is 22.7 Å². The van der Waals surface area contributed by atoms with E-state index in [1.807, 2.05) is 53.9 Å². The molecular weight excluding hydrogens is 370 g/mol. The Bertz CT molecular complexity index is 968. The standard InChI is InChI=1S/C19H15NO2S3/c21-13(15-7-8-17(25-15)16-6-3-9-23-16)11-20-19(22)18-10-12-4-1-2-5-14(12)24-18/h1-10,13,21H,11H2,(H,20,22). The number of rotatable bonds is 5. The molecule has 0 aliphatic carbocycles. The average Bonchev–Trinajstić information content (AvgIpc) is 3.38. The minimum Gasteiger partial charge on any atom is -0.386 e. The number of aliphatic hydroxyl groups excluding tert-OH is 1. The number of carbonyl (C=O) groups is 1. The van der Waals surface area contributed by atoms with Gasteiger partial charge in [-0.05, 0) is 41.1 Å². The summed E-state index contributed by atoms with van der Waals surface area (Å²) in [6.07, 6.45) is -0.697. The van der Waals surface area contributed by atoms with Gasteiger partial charge in [-0.3, -0.25) is 4.79 Å². The second-order valence-corrected chi connectivity index (χ2v) is 8.70. The SMILES string of the molecule is O=C(NCC(O)c1ccc(-c2cccs2)s1)c1cc2ccccc2s1. The normalized spacial score (nSPS) is 12.4. The average molecular weight is 386 g/mol. The van der Waals surface area contributed by atoms with Crippen molar-refractivity contribution in [2.24, 2.45) is 0 Å². The third-order valence-corrected chi connectivity index (χ3v) is 7.19. The first kappa shape index (κ1) is 16.5. The van der Waals surface area contributed by atoms with Crippen LogP contribution in [0.4, 0.5) is 0 Å². The molecule has 0 saturated carbocycles. The number of hydrogen-bond acceptors (Lipinski definition) is 5. The Morgan fingerprint density at radius 2 is 1.92 bits per heavy atom. The number of nitrogens with one attached hydrogen (secondary N) is 1. The summed E-state index contributed by atoms with van der Waals surface area (Å²) in [4.78, 5) is 16.2. The number of thiophene rings is 3. The van der Waals surface area contributed by atoms with Gasteiger partial charge in [0.1, 0.15) is 6.10 Å². The van der Waals surface area contributed by atoms with E-state index < -0.39 is 6.10 Å². The van der Waals surface area contributed by atoms with E-state index in [2.05, 4.69) is 11.4 Å². The molecule has 2 N–H and O–H groups in total. The summed E-state index contributed by atoms with van der Waals surface area (Å²) >= 11 is 4.71. The highest BCUT2D eigenvalue weighted by Gasteiger charge is 2.15. The third-order valence-electron chi connectivity index (χ3n) is 3.82. The lowest BCUT2D eigenvalue weighted by atomic mass is 10.2. The molecule has 1 amide bonds. The van der Waals surface area contributed by atoms with Crippen molar-refractivity contribution in [3.63, 3.8) is 0 Å². The maximum absolute atomic E-state index is 12.3. The lowest BCUT2D eigenvalue weighted by molar-refractivity contribution is 0.0922. The molecule has 126 valence electrons. The van der Waals surface area contributed by atoms with E-state index in [1.165, 1.54) is 16.2 Å². The Labute approximate surface area is 157 Å². The molecular formula is C19H15NO2S3. The predicted molar refractivity (Wildman–Crippen MR) is 107 cm³/mol. The van der Waals surface area contributed by atoms with Crippen molar-refractivity contribution < 1.29 is 9.90 Å². The van der Waals surface area contributed by atoms with E-state index >= 15 is 0 Å². The zero-order valence-electron chi connectivity index (χ0n) is 13.1. The van der Waals surface area contributed by atoms with Crippen LogP contribution in [0.3, 0.4) is 0 Å². The highest BCUT2D eigenvalue weighted by atomic mass is 32.1. The molecule has 0 aliphatic heterocycles. The number of aliphatic hydroxyl groups is 1. The smallest absolute Gasteiger partial charge is 0.261 e. The van der Waals surface area contributed by atoms with Gasteiger partial charge in [0.25, 0.3) is 5.91 Å². The van der Waals surface area contributed by atoms with Crippen molar-refractivity contribution in [2.45, 2.75) is 6.10 Å². The molecule has 0 saturated heterocycles. The first-order chi connectivity index (χ1) is 12.2. The summed E-state index contributed by atoms with van der Waals surface area (Å²) in [5.41, 5.74) is 0. The molecule has 0 aliphatic rings. The first-order valence-corrected chi connectivity index (χ1v) is 10.3. The number of fused-ring (bicyclic) bond motifs is 1. The van der Waals surface area contributed by atoms with Crippen molar-refractivity contribution in [1.82, 2.24) is 5.32 Å². The van der Waals surface area contributed by atoms with Gasteiger partial charge in [0.2, 0.25) is 0 Å². The highest BCUT2D eigenvalue weighted by Crippen LogP contribution is 2.34. The number of carbonyl (C=O) groups excluding carboxylic acids is 1. The van der Waals surface area contributed by atoms with Gasteiger partial charge < -0.3 is 10.4 Å². The van der Waals surface area contributed by atoms with Crippen LogP contribution in [-0.2, 0) is 0 Å². The molecule has 4 aromatic rings. The Balaban J connectivity index is 1.41. The fourth-order valence-electron chi connectivity index (χ4n) is 2.55. The summed E-state index contributed by atoms with van der Waals surface area (Å²) in [5.74, 6) is -0.143. The molecule has 3 aromatic heterocycles. The molecule has 6 heteroatoms. The number of amides is 1. The summed E-state index contributed by atoms with van der Waals surface area (Å²) in [6.45, 7) is 0.206. The highest BCUT2D eigenvalue weighted by molar-refractivity contribution is 7.21. The Morgan fingerprint density at radius 3 is 2.72 bits per heavy atom. The molecule has 25 heavy (non-hydrogen) atoms. The van der Waals surface area contributed by atoms with Gasteiger partial charge in [-0.15, -0.1) is 34.0 Å². The second-order valence-electron chi connectivity index (χ2n) is 5.55. The van der Waals surface area contributed by atoms with Gasteiger partial charge in [0.05, 0.1) is 4.88 Å². The summed E-state index contributed by atoms with van der Waals surface area (Å²) < 4.78 is 1.09. The van der Waals surface area contributed by atoms with Crippen LogP contribution in [0.5, 0.6) is 0 Å². The van der Waals surface area contributed by atoms with Crippen LogP contribution in [0.1, 0.15) is 20.7 Å². The van der Waals surface area contributed by atoms with E-state index in [9.17, 15) is 9.90 Å². The molecule has 0 spiro atoms. The Morgan fingerprint density at radius 1 is 1.04 bits per heavy atom. The molecule has 3 nitrogen and oxygen atoms in total. The quantitative estimate of drug-likeness (QED) is 0.499.